The average Bonchev–Trinajstić information content (AvgIpc) is 2.53. The van der Waals surface area contributed by atoms with Gasteiger partial charge in [-0.3, -0.25) is 4.90 Å². The Kier molecular flexibility index (Phi) is 2.75. The zero-order valence-electron chi connectivity index (χ0n) is 10.7. The summed E-state index contributed by atoms with van der Waals surface area (Å²) in [6, 6.07) is 0. The molecule has 3 fully saturated rings. The highest BCUT2D eigenvalue weighted by atomic mass is 15.3. The number of rotatable bonds is 1. The van der Waals surface area contributed by atoms with Gasteiger partial charge in [-0.1, -0.05) is 25.7 Å². The molecule has 0 aromatic carbocycles. The van der Waals surface area contributed by atoms with Gasteiger partial charge in [-0.25, -0.2) is 0 Å². The van der Waals surface area contributed by atoms with Gasteiger partial charge in [0.25, 0.3) is 0 Å². The summed E-state index contributed by atoms with van der Waals surface area (Å²) < 4.78 is 0. The van der Waals surface area contributed by atoms with Crippen molar-refractivity contribution in [2.24, 2.45) is 5.41 Å². The van der Waals surface area contributed by atoms with E-state index in [2.05, 4.69) is 17.1 Å². The molecule has 1 aliphatic carbocycles. The predicted octanol–water partition coefficient (Wildman–Crippen LogP) is 2.39. The Hall–Kier alpha value is -0.0800. The van der Waals surface area contributed by atoms with Gasteiger partial charge >= 0.3 is 0 Å². The van der Waals surface area contributed by atoms with Gasteiger partial charge in [0.1, 0.15) is 0 Å². The van der Waals surface area contributed by atoms with E-state index in [1.54, 1.807) is 0 Å². The van der Waals surface area contributed by atoms with Crippen molar-refractivity contribution in [2.75, 3.05) is 26.2 Å². The maximum Gasteiger partial charge on any atom is 0.0318 e. The van der Waals surface area contributed by atoms with Crippen molar-refractivity contribution in [3.8, 4) is 0 Å². The summed E-state index contributed by atoms with van der Waals surface area (Å²) in [5.74, 6) is 0. The largest absolute Gasteiger partial charge is 0.315 e. The summed E-state index contributed by atoms with van der Waals surface area (Å²) >= 11 is 0. The van der Waals surface area contributed by atoms with Crippen molar-refractivity contribution < 1.29 is 0 Å². The Balaban J connectivity index is 1.60. The van der Waals surface area contributed by atoms with E-state index in [9.17, 15) is 0 Å². The van der Waals surface area contributed by atoms with Crippen molar-refractivity contribution in [2.45, 2.75) is 57.4 Å². The first-order valence-electron chi connectivity index (χ1n) is 7.18. The summed E-state index contributed by atoms with van der Waals surface area (Å²) in [5.41, 5.74) is 1.22. The molecule has 16 heavy (non-hydrogen) atoms. The molecule has 1 unspecified atom stereocenters. The normalized spacial score (nSPS) is 39.6. The van der Waals surface area contributed by atoms with Gasteiger partial charge < -0.3 is 5.32 Å². The molecular formula is C14H26N2. The second-order valence-electron chi connectivity index (χ2n) is 6.69. The number of nitrogens with zero attached hydrogens (tertiary/aromatic N) is 1. The minimum Gasteiger partial charge on any atom is -0.315 e. The number of nitrogens with one attached hydrogen (secondary N) is 1. The zero-order chi connectivity index (χ0) is 11.1. The van der Waals surface area contributed by atoms with Crippen molar-refractivity contribution in [1.29, 1.82) is 0 Å². The smallest absolute Gasteiger partial charge is 0.0318 e. The molecule has 92 valence electrons. The zero-order valence-corrected chi connectivity index (χ0v) is 10.7. The van der Waals surface area contributed by atoms with E-state index in [0.29, 0.717) is 5.54 Å². The highest BCUT2D eigenvalue weighted by Gasteiger charge is 2.49. The molecule has 1 atom stereocenters. The van der Waals surface area contributed by atoms with Gasteiger partial charge in [-0.05, 0) is 38.1 Å². The third kappa shape index (κ3) is 1.80. The Morgan fingerprint density at radius 2 is 1.62 bits per heavy atom. The van der Waals surface area contributed by atoms with Crippen LogP contribution in [0.25, 0.3) is 0 Å². The van der Waals surface area contributed by atoms with Crippen LogP contribution < -0.4 is 5.32 Å². The van der Waals surface area contributed by atoms with Crippen LogP contribution in [0.5, 0.6) is 0 Å². The highest BCUT2D eigenvalue weighted by Crippen LogP contribution is 2.46. The molecule has 0 amide bonds. The van der Waals surface area contributed by atoms with Crippen LogP contribution in [-0.4, -0.2) is 36.6 Å². The van der Waals surface area contributed by atoms with Gasteiger partial charge in [0.15, 0.2) is 0 Å². The first kappa shape index (κ1) is 11.0. The van der Waals surface area contributed by atoms with E-state index < -0.39 is 0 Å². The van der Waals surface area contributed by atoms with Crippen molar-refractivity contribution in [3.63, 3.8) is 0 Å². The lowest BCUT2D eigenvalue weighted by atomic mass is 9.71. The minimum atomic E-state index is 0.484. The molecule has 1 saturated carbocycles. The number of hydrogen-bond acceptors (Lipinski definition) is 2. The van der Waals surface area contributed by atoms with E-state index in [0.717, 1.165) is 5.41 Å². The maximum atomic E-state index is 3.52. The molecule has 2 heterocycles. The molecular weight excluding hydrogens is 196 g/mol. The summed E-state index contributed by atoms with van der Waals surface area (Å²) in [5, 5.41) is 3.52. The van der Waals surface area contributed by atoms with Gasteiger partial charge in [0.05, 0.1) is 0 Å². The standard InChI is InChI=1S/C14H26N2/c1-13(8-9-15-10-13)16-11-14(12-16)6-4-2-3-5-7-14/h15H,2-12H2,1H3. The van der Waals surface area contributed by atoms with Gasteiger partial charge in [0, 0.05) is 25.2 Å². The van der Waals surface area contributed by atoms with Crippen LogP contribution in [0.4, 0.5) is 0 Å². The van der Waals surface area contributed by atoms with E-state index in [1.807, 2.05) is 0 Å². The Bertz CT molecular complexity index is 239. The first-order chi connectivity index (χ1) is 7.73. The van der Waals surface area contributed by atoms with Crippen LogP contribution in [-0.2, 0) is 0 Å². The monoisotopic (exact) mass is 222 g/mol. The quantitative estimate of drug-likeness (QED) is 0.733. The second-order valence-corrected chi connectivity index (χ2v) is 6.69. The molecule has 1 N–H and O–H groups in total. The third-order valence-corrected chi connectivity index (χ3v) is 5.33. The van der Waals surface area contributed by atoms with E-state index in [4.69, 9.17) is 0 Å². The van der Waals surface area contributed by atoms with Gasteiger partial charge in [-0.15, -0.1) is 0 Å². The molecule has 2 heteroatoms. The second kappa shape index (κ2) is 3.99. The lowest BCUT2D eigenvalue weighted by molar-refractivity contribution is -0.0732. The Morgan fingerprint density at radius 1 is 0.938 bits per heavy atom. The fourth-order valence-electron chi connectivity index (χ4n) is 4.01. The molecule has 3 rings (SSSR count). The van der Waals surface area contributed by atoms with E-state index in [-0.39, 0.29) is 0 Å². The van der Waals surface area contributed by atoms with Crippen LogP contribution in [0.15, 0.2) is 0 Å². The average molecular weight is 222 g/mol. The minimum absolute atomic E-state index is 0.484. The van der Waals surface area contributed by atoms with Crippen LogP contribution in [0.2, 0.25) is 0 Å². The molecule has 0 aromatic heterocycles. The molecule has 1 spiro atoms. The van der Waals surface area contributed by atoms with Crippen LogP contribution in [0.1, 0.15) is 51.9 Å². The summed E-state index contributed by atoms with van der Waals surface area (Å²) in [6.45, 7) is 7.68. The van der Waals surface area contributed by atoms with Crippen molar-refractivity contribution >= 4 is 0 Å². The summed E-state index contributed by atoms with van der Waals surface area (Å²) in [7, 11) is 0. The SMILES string of the molecule is CC1(N2CC3(CCCCCC3)C2)CCNC1. The maximum absolute atomic E-state index is 3.52. The van der Waals surface area contributed by atoms with E-state index in [1.165, 1.54) is 71.1 Å². The van der Waals surface area contributed by atoms with Crippen molar-refractivity contribution in [1.82, 2.24) is 10.2 Å². The number of hydrogen-bond donors (Lipinski definition) is 1. The van der Waals surface area contributed by atoms with Crippen LogP contribution in [0, 0.1) is 5.41 Å². The molecule has 0 aromatic rings. The third-order valence-electron chi connectivity index (χ3n) is 5.33. The molecule has 2 saturated heterocycles. The number of likely N-dealkylation sites (tertiary alicyclic amines) is 1. The fraction of sp³-hybridized carbons (Fsp3) is 1.00. The van der Waals surface area contributed by atoms with Gasteiger partial charge in [-0.2, -0.15) is 0 Å². The van der Waals surface area contributed by atoms with Crippen molar-refractivity contribution in [3.05, 3.63) is 0 Å². The fourth-order valence-corrected chi connectivity index (χ4v) is 4.01. The van der Waals surface area contributed by atoms with Crippen LogP contribution >= 0.6 is 0 Å². The Labute approximate surface area is 99.8 Å². The lowest BCUT2D eigenvalue weighted by Crippen LogP contribution is -2.64. The summed E-state index contributed by atoms with van der Waals surface area (Å²) in [4.78, 5) is 2.76. The lowest BCUT2D eigenvalue weighted by Gasteiger charge is -2.57. The molecule has 2 nitrogen and oxygen atoms in total. The molecule has 2 aliphatic heterocycles. The van der Waals surface area contributed by atoms with Gasteiger partial charge in [0.2, 0.25) is 0 Å². The Morgan fingerprint density at radius 3 is 2.19 bits per heavy atom. The first-order valence-corrected chi connectivity index (χ1v) is 7.18. The van der Waals surface area contributed by atoms with Crippen LogP contribution in [0.3, 0.4) is 0 Å². The molecule has 0 radical (unpaired) electrons. The summed E-state index contributed by atoms with van der Waals surface area (Å²) in [6.07, 6.45) is 10.3. The molecule has 0 bridgehead atoms. The predicted molar refractivity (Wildman–Crippen MR) is 67.6 cm³/mol. The molecule has 3 aliphatic rings. The van der Waals surface area contributed by atoms with E-state index >= 15 is 0 Å². The topological polar surface area (TPSA) is 15.3 Å². The highest BCUT2D eigenvalue weighted by molar-refractivity contribution is 5.05.